The molecule has 0 saturated carbocycles. The molecule has 0 aliphatic carbocycles. The van der Waals surface area contributed by atoms with Crippen LogP contribution in [0.15, 0.2) is 30.3 Å². The van der Waals surface area contributed by atoms with Crippen LogP contribution < -0.4 is 0 Å². The van der Waals surface area contributed by atoms with Crippen LogP contribution in [-0.4, -0.2) is 36.0 Å². The van der Waals surface area contributed by atoms with Gasteiger partial charge in [0.25, 0.3) is 0 Å². The highest BCUT2D eigenvalue weighted by molar-refractivity contribution is 6.74. The Bertz CT molecular complexity index is 601. The van der Waals surface area contributed by atoms with Crippen molar-refractivity contribution in [3.05, 3.63) is 35.9 Å². The summed E-state index contributed by atoms with van der Waals surface area (Å²) in [5.41, 5.74) is 1.20. The van der Waals surface area contributed by atoms with Gasteiger partial charge in [0.2, 0.25) is 0 Å². The Morgan fingerprint density at radius 3 is 1.79 bits per heavy atom. The van der Waals surface area contributed by atoms with E-state index in [9.17, 15) is 0 Å². The first-order chi connectivity index (χ1) is 13.1. The predicted molar refractivity (Wildman–Crippen MR) is 130 cm³/mol. The van der Waals surface area contributed by atoms with E-state index in [0.29, 0.717) is 13.2 Å². The van der Waals surface area contributed by atoms with Crippen LogP contribution in [0.25, 0.3) is 0 Å². The lowest BCUT2D eigenvalue weighted by atomic mass is 10.1. The molecule has 1 aromatic rings. The van der Waals surface area contributed by atoms with Gasteiger partial charge in [-0.1, -0.05) is 78.8 Å². The first-order valence-corrected chi connectivity index (χ1v) is 16.8. The van der Waals surface area contributed by atoms with E-state index in [1.165, 1.54) is 5.56 Å². The average Bonchev–Trinajstić information content (AvgIpc) is 2.57. The summed E-state index contributed by atoms with van der Waals surface area (Å²) in [7, 11) is -3.67. The molecule has 0 spiro atoms. The molecule has 0 aliphatic rings. The van der Waals surface area contributed by atoms with Crippen LogP contribution in [-0.2, 0) is 20.2 Å². The predicted octanol–water partition coefficient (Wildman–Crippen LogP) is 7.25. The van der Waals surface area contributed by atoms with Gasteiger partial charge in [0.05, 0.1) is 19.3 Å². The van der Waals surface area contributed by atoms with Crippen LogP contribution >= 0.6 is 0 Å². The standard InChI is InChI=1S/C24H46O3Si2/c1-20(17-26-28(8,9)23(2,3)4)22(27-29(10,11)24(5,6)7)19-25-18-21-15-13-12-14-16-21/h12-16,20,22H,17-19H2,1-11H3/t20-,22-/m1/s1. The Morgan fingerprint density at radius 2 is 1.31 bits per heavy atom. The molecule has 5 heteroatoms. The van der Waals surface area contributed by atoms with Gasteiger partial charge in [0.15, 0.2) is 16.6 Å². The van der Waals surface area contributed by atoms with Crippen LogP contribution in [0.2, 0.25) is 36.3 Å². The number of hydrogen-bond acceptors (Lipinski definition) is 3. The van der Waals surface area contributed by atoms with Crippen LogP contribution in [0.4, 0.5) is 0 Å². The van der Waals surface area contributed by atoms with Crippen molar-refractivity contribution in [3.8, 4) is 0 Å². The third kappa shape index (κ3) is 8.29. The second-order valence-electron chi connectivity index (χ2n) is 11.5. The van der Waals surface area contributed by atoms with Gasteiger partial charge in [0, 0.05) is 12.5 Å². The molecule has 0 fully saturated rings. The SMILES string of the molecule is C[C@H](CO[Si](C)(C)C(C)(C)C)[C@@H](COCc1ccccc1)O[Si](C)(C)C(C)(C)C. The molecule has 3 nitrogen and oxygen atoms in total. The quantitative estimate of drug-likeness (QED) is 0.360. The van der Waals surface area contributed by atoms with E-state index < -0.39 is 16.6 Å². The Labute approximate surface area is 182 Å². The summed E-state index contributed by atoms with van der Waals surface area (Å²) in [5.74, 6) is 0.286. The van der Waals surface area contributed by atoms with E-state index in [1.54, 1.807) is 0 Å². The number of ether oxygens (including phenoxy) is 1. The Hall–Kier alpha value is -0.466. The van der Waals surface area contributed by atoms with Crippen LogP contribution in [0.3, 0.4) is 0 Å². The van der Waals surface area contributed by atoms with E-state index in [0.717, 1.165) is 6.61 Å². The second-order valence-corrected chi connectivity index (χ2v) is 21.0. The van der Waals surface area contributed by atoms with Crippen molar-refractivity contribution in [2.45, 2.75) is 97.4 Å². The Balaban J connectivity index is 2.82. The molecule has 0 amide bonds. The fourth-order valence-corrected chi connectivity index (χ4v) is 4.92. The first kappa shape index (κ1) is 26.6. The molecule has 0 radical (unpaired) electrons. The molecule has 168 valence electrons. The summed E-state index contributed by atoms with van der Waals surface area (Å²) in [4.78, 5) is 0. The molecule has 0 heterocycles. The monoisotopic (exact) mass is 438 g/mol. The third-order valence-corrected chi connectivity index (χ3v) is 15.8. The van der Waals surface area contributed by atoms with E-state index in [-0.39, 0.29) is 22.1 Å². The molecular weight excluding hydrogens is 392 g/mol. The van der Waals surface area contributed by atoms with Gasteiger partial charge in [0.1, 0.15) is 0 Å². The molecule has 0 N–H and O–H groups in total. The van der Waals surface area contributed by atoms with Gasteiger partial charge in [-0.05, 0) is 41.8 Å². The lowest BCUT2D eigenvalue weighted by molar-refractivity contribution is -0.00265. The zero-order valence-electron chi connectivity index (χ0n) is 20.9. The molecule has 1 aromatic carbocycles. The maximum absolute atomic E-state index is 6.80. The van der Waals surface area contributed by atoms with Gasteiger partial charge in [-0.15, -0.1) is 0 Å². The average molecular weight is 439 g/mol. The van der Waals surface area contributed by atoms with Crippen LogP contribution in [0.1, 0.15) is 54.0 Å². The van der Waals surface area contributed by atoms with Gasteiger partial charge in [-0.2, -0.15) is 0 Å². The number of benzene rings is 1. The largest absolute Gasteiger partial charge is 0.416 e. The minimum absolute atomic E-state index is 0.0457. The molecule has 0 aromatic heterocycles. The van der Waals surface area contributed by atoms with Crippen molar-refractivity contribution in [1.82, 2.24) is 0 Å². The van der Waals surface area contributed by atoms with E-state index in [1.807, 2.05) is 6.07 Å². The summed E-state index contributed by atoms with van der Waals surface area (Å²) < 4.78 is 19.4. The molecule has 29 heavy (non-hydrogen) atoms. The third-order valence-electron chi connectivity index (χ3n) is 6.79. The highest BCUT2D eigenvalue weighted by atomic mass is 28.4. The fourth-order valence-electron chi connectivity index (χ4n) is 2.40. The number of rotatable bonds is 10. The molecular formula is C24H46O3Si2. The molecule has 0 aliphatic heterocycles. The molecule has 0 unspecified atom stereocenters. The molecule has 0 saturated heterocycles. The Kier molecular flexibility index (Phi) is 9.37. The van der Waals surface area contributed by atoms with E-state index in [4.69, 9.17) is 13.6 Å². The van der Waals surface area contributed by atoms with Crippen LogP contribution in [0.5, 0.6) is 0 Å². The van der Waals surface area contributed by atoms with Crippen molar-refractivity contribution in [1.29, 1.82) is 0 Å². The topological polar surface area (TPSA) is 27.7 Å². The van der Waals surface area contributed by atoms with Gasteiger partial charge >= 0.3 is 0 Å². The van der Waals surface area contributed by atoms with Gasteiger partial charge in [-0.3, -0.25) is 0 Å². The maximum atomic E-state index is 6.80. The highest BCUT2D eigenvalue weighted by Gasteiger charge is 2.41. The first-order valence-electron chi connectivity index (χ1n) is 11.0. The minimum Gasteiger partial charge on any atom is -0.416 e. The zero-order valence-corrected chi connectivity index (χ0v) is 22.9. The summed E-state index contributed by atoms with van der Waals surface area (Å²) in [6.07, 6.45) is 0.0457. The van der Waals surface area contributed by atoms with E-state index in [2.05, 4.69) is 98.9 Å². The van der Waals surface area contributed by atoms with Crippen molar-refractivity contribution in [2.24, 2.45) is 5.92 Å². The number of hydrogen-bond donors (Lipinski definition) is 0. The fraction of sp³-hybridized carbons (Fsp3) is 0.750. The van der Waals surface area contributed by atoms with Gasteiger partial charge < -0.3 is 13.6 Å². The Morgan fingerprint density at radius 1 is 0.793 bits per heavy atom. The molecule has 0 bridgehead atoms. The summed E-state index contributed by atoms with van der Waals surface area (Å²) in [6, 6.07) is 10.4. The second kappa shape index (κ2) is 10.2. The smallest absolute Gasteiger partial charge is 0.192 e. The highest BCUT2D eigenvalue weighted by Crippen LogP contribution is 2.39. The van der Waals surface area contributed by atoms with E-state index >= 15 is 0 Å². The summed E-state index contributed by atoms with van der Waals surface area (Å²) >= 11 is 0. The zero-order chi connectivity index (χ0) is 22.5. The van der Waals surface area contributed by atoms with Crippen molar-refractivity contribution in [3.63, 3.8) is 0 Å². The lowest BCUT2D eigenvalue weighted by Gasteiger charge is -2.42. The maximum Gasteiger partial charge on any atom is 0.192 e. The summed E-state index contributed by atoms with van der Waals surface area (Å²) in [5, 5.41) is 0.386. The van der Waals surface area contributed by atoms with Crippen molar-refractivity contribution in [2.75, 3.05) is 13.2 Å². The lowest BCUT2D eigenvalue weighted by Crippen LogP contribution is -2.48. The molecule has 1 rings (SSSR count). The normalized spacial score (nSPS) is 16.0. The van der Waals surface area contributed by atoms with Crippen molar-refractivity contribution >= 4 is 16.6 Å². The van der Waals surface area contributed by atoms with Crippen LogP contribution in [0, 0.1) is 5.92 Å². The van der Waals surface area contributed by atoms with Gasteiger partial charge in [-0.25, -0.2) is 0 Å². The minimum atomic E-state index is -1.90. The molecule has 2 atom stereocenters. The van der Waals surface area contributed by atoms with Crippen molar-refractivity contribution < 1.29 is 13.6 Å². The summed E-state index contributed by atoms with van der Waals surface area (Å²) in [6.45, 7) is 27.2.